The second-order valence-electron chi connectivity index (χ2n) is 3.14. The summed E-state index contributed by atoms with van der Waals surface area (Å²) < 4.78 is 5.60. The van der Waals surface area contributed by atoms with Crippen molar-refractivity contribution in [2.75, 3.05) is 5.73 Å². The van der Waals surface area contributed by atoms with Gasteiger partial charge in [0.15, 0.2) is 0 Å². The van der Waals surface area contributed by atoms with Gasteiger partial charge in [-0.2, -0.15) is 0 Å². The van der Waals surface area contributed by atoms with Gasteiger partial charge in [-0.05, 0) is 24.3 Å². The van der Waals surface area contributed by atoms with E-state index < -0.39 is 0 Å². The summed E-state index contributed by atoms with van der Waals surface area (Å²) >= 11 is 4.19. The summed E-state index contributed by atoms with van der Waals surface area (Å²) in [7, 11) is 0. The van der Waals surface area contributed by atoms with Gasteiger partial charge in [0.25, 0.3) is 0 Å². The predicted molar refractivity (Wildman–Crippen MR) is 64.6 cm³/mol. The number of benzene rings is 2. The Balaban J connectivity index is 2.22. The molecule has 2 aromatic rings. The first-order valence-electron chi connectivity index (χ1n) is 4.57. The molecule has 0 aliphatic rings. The maximum Gasteiger partial charge on any atom is 0.129 e. The van der Waals surface area contributed by atoms with Crippen molar-refractivity contribution in [1.82, 2.24) is 0 Å². The van der Waals surface area contributed by atoms with Crippen molar-refractivity contribution in [3.05, 3.63) is 48.5 Å². The lowest BCUT2D eigenvalue weighted by Crippen LogP contribution is -1.89. The minimum atomic E-state index is 0.617. The van der Waals surface area contributed by atoms with Crippen molar-refractivity contribution < 1.29 is 4.74 Å². The predicted octanol–water partition coefficient (Wildman–Crippen LogP) is 3.35. The number of hydrogen-bond donors (Lipinski definition) is 2. The van der Waals surface area contributed by atoms with Gasteiger partial charge in [0.05, 0.1) is 0 Å². The Bertz CT molecular complexity index is 456. The van der Waals surface area contributed by atoms with Crippen molar-refractivity contribution in [2.24, 2.45) is 0 Å². The van der Waals surface area contributed by atoms with Crippen molar-refractivity contribution in [3.63, 3.8) is 0 Å². The Morgan fingerprint density at radius 1 is 0.933 bits per heavy atom. The number of para-hydroxylation sites is 1. The zero-order valence-corrected chi connectivity index (χ0v) is 8.95. The summed E-state index contributed by atoms with van der Waals surface area (Å²) in [6, 6.07) is 15.0. The van der Waals surface area contributed by atoms with Crippen LogP contribution in [0.4, 0.5) is 5.69 Å². The Morgan fingerprint density at radius 3 is 2.33 bits per heavy atom. The summed E-state index contributed by atoms with van der Waals surface area (Å²) in [6.45, 7) is 0. The minimum absolute atomic E-state index is 0.617. The summed E-state index contributed by atoms with van der Waals surface area (Å²) in [5.41, 5.74) is 6.34. The molecular weight excluding hydrogens is 206 g/mol. The third-order valence-corrected chi connectivity index (χ3v) is 2.39. The number of nitrogen functional groups attached to an aromatic ring is 1. The van der Waals surface area contributed by atoms with Crippen LogP contribution in [-0.4, -0.2) is 0 Å². The highest BCUT2D eigenvalue weighted by molar-refractivity contribution is 7.80. The molecule has 0 saturated carbocycles. The largest absolute Gasteiger partial charge is 0.457 e. The van der Waals surface area contributed by atoms with E-state index in [9.17, 15) is 0 Å². The SMILES string of the molecule is Nc1cc(Oc2ccccc2)ccc1S. The number of nitrogens with two attached hydrogens (primary N) is 1. The first-order valence-corrected chi connectivity index (χ1v) is 5.02. The van der Waals surface area contributed by atoms with Crippen molar-refractivity contribution >= 4 is 18.3 Å². The molecule has 76 valence electrons. The maximum atomic E-state index is 5.72. The molecule has 15 heavy (non-hydrogen) atoms. The lowest BCUT2D eigenvalue weighted by atomic mass is 10.3. The van der Waals surface area contributed by atoms with Crippen LogP contribution in [0.1, 0.15) is 0 Å². The topological polar surface area (TPSA) is 35.2 Å². The molecule has 2 N–H and O–H groups in total. The quantitative estimate of drug-likeness (QED) is 0.597. The Labute approximate surface area is 94.1 Å². The van der Waals surface area contributed by atoms with Gasteiger partial charge in [-0.25, -0.2) is 0 Å². The van der Waals surface area contributed by atoms with Crippen LogP contribution in [0.2, 0.25) is 0 Å². The van der Waals surface area contributed by atoms with Crippen molar-refractivity contribution in [1.29, 1.82) is 0 Å². The zero-order valence-electron chi connectivity index (χ0n) is 8.05. The molecule has 0 heterocycles. The molecule has 0 radical (unpaired) electrons. The third-order valence-electron chi connectivity index (χ3n) is 1.98. The summed E-state index contributed by atoms with van der Waals surface area (Å²) in [5.74, 6) is 1.51. The first kappa shape index (κ1) is 9.93. The van der Waals surface area contributed by atoms with Crippen molar-refractivity contribution in [2.45, 2.75) is 4.90 Å². The average Bonchev–Trinajstić information content (AvgIpc) is 2.25. The highest BCUT2D eigenvalue weighted by Crippen LogP contribution is 2.26. The highest BCUT2D eigenvalue weighted by atomic mass is 32.1. The van der Waals surface area contributed by atoms with E-state index in [4.69, 9.17) is 10.5 Å². The maximum absolute atomic E-state index is 5.72. The lowest BCUT2D eigenvalue weighted by molar-refractivity contribution is 0.482. The van der Waals surface area contributed by atoms with Gasteiger partial charge in [-0.1, -0.05) is 18.2 Å². The molecule has 2 aromatic carbocycles. The average molecular weight is 217 g/mol. The van der Waals surface area contributed by atoms with Crippen LogP contribution >= 0.6 is 12.6 Å². The van der Waals surface area contributed by atoms with E-state index >= 15 is 0 Å². The van der Waals surface area contributed by atoms with Crippen LogP contribution in [0.25, 0.3) is 0 Å². The second kappa shape index (κ2) is 4.28. The fourth-order valence-corrected chi connectivity index (χ4v) is 1.36. The van der Waals surface area contributed by atoms with E-state index in [-0.39, 0.29) is 0 Å². The molecule has 0 aliphatic heterocycles. The lowest BCUT2D eigenvalue weighted by Gasteiger charge is -2.06. The molecule has 3 heteroatoms. The molecule has 0 atom stereocenters. The molecule has 0 unspecified atom stereocenters. The minimum Gasteiger partial charge on any atom is -0.457 e. The van der Waals surface area contributed by atoms with E-state index in [0.717, 1.165) is 16.4 Å². The van der Waals surface area contributed by atoms with Crippen LogP contribution in [-0.2, 0) is 0 Å². The van der Waals surface area contributed by atoms with Crippen LogP contribution in [0.5, 0.6) is 11.5 Å². The Morgan fingerprint density at radius 2 is 1.67 bits per heavy atom. The molecule has 0 saturated heterocycles. The fourth-order valence-electron chi connectivity index (χ4n) is 1.22. The van der Waals surface area contributed by atoms with Crippen LogP contribution in [0.15, 0.2) is 53.4 Å². The highest BCUT2D eigenvalue weighted by Gasteiger charge is 1.99. The van der Waals surface area contributed by atoms with E-state index in [2.05, 4.69) is 12.6 Å². The third kappa shape index (κ3) is 2.44. The molecule has 0 aromatic heterocycles. The molecule has 2 nitrogen and oxygen atoms in total. The Hall–Kier alpha value is -1.61. The van der Waals surface area contributed by atoms with E-state index in [1.807, 2.05) is 42.5 Å². The van der Waals surface area contributed by atoms with Gasteiger partial charge < -0.3 is 10.5 Å². The molecule has 0 bridgehead atoms. The number of anilines is 1. The van der Waals surface area contributed by atoms with Crippen LogP contribution in [0.3, 0.4) is 0 Å². The molecule has 2 rings (SSSR count). The number of rotatable bonds is 2. The molecular formula is C12H11NOS. The van der Waals surface area contributed by atoms with Gasteiger partial charge in [0, 0.05) is 16.6 Å². The van der Waals surface area contributed by atoms with Gasteiger partial charge in [-0.3, -0.25) is 0 Å². The molecule has 0 fully saturated rings. The van der Waals surface area contributed by atoms with Gasteiger partial charge in [-0.15, -0.1) is 12.6 Å². The zero-order chi connectivity index (χ0) is 10.7. The number of ether oxygens (including phenoxy) is 1. The first-order chi connectivity index (χ1) is 7.25. The fraction of sp³-hybridized carbons (Fsp3) is 0. The molecule has 0 amide bonds. The van der Waals surface area contributed by atoms with Gasteiger partial charge in [0.2, 0.25) is 0 Å². The smallest absolute Gasteiger partial charge is 0.129 e. The second-order valence-corrected chi connectivity index (χ2v) is 3.62. The summed E-state index contributed by atoms with van der Waals surface area (Å²) in [6.07, 6.45) is 0. The van der Waals surface area contributed by atoms with E-state index in [1.165, 1.54) is 0 Å². The van der Waals surface area contributed by atoms with Crippen molar-refractivity contribution in [3.8, 4) is 11.5 Å². The molecule has 0 spiro atoms. The number of hydrogen-bond acceptors (Lipinski definition) is 3. The van der Waals surface area contributed by atoms with Crippen LogP contribution in [0, 0.1) is 0 Å². The number of thiol groups is 1. The van der Waals surface area contributed by atoms with Crippen LogP contribution < -0.4 is 10.5 Å². The summed E-state index contributed by atoms with van der Waals surface area (Å²) in [5, 5.41) is 0. The van der Waals surface area contributed by atoms with E-state index in [1.54, 1.807) is 6.07 Å². The summed E-state index contributed by atoms with van der Waals surface area (Å²) in [4.78, 5) is 0.760. The van der Waals surface area contributed by atoms with Gasteiger partial charge in [0.1, 0.15) is 11.5 Å². The molecule has 0 aliphatic carbocycles. The monoisotopic (exact) mass is 217 g/mol. The normalized spacial score (nSPS) is 9.93. The Kier molecular flexibility index (Phi) is 2.83. The standard InChI is InChI=1S/C12H11NOS/c13-11-8-10(6-7-12(11)15)14-9-4-2-1-3-5-9/h1-8,15H,13H2. The van der Waals surface area contributed by atoms with E-state index in [0.29, 0.717) is 5.69 Å². The van der Waals surface area contributed by atoms with Gasteiger partial charge >= 0.3 is 0 Å².